The molecular formula is C15H18BrNOS. The second-order valence-corrected chi connectivity index (χ2v) is 6.21. The molecule has 102 valence electrons. The molecule has 1 aromatic carbocycles. The van der Waals surface area contributed by atoms with Crippen LogP contribution in [0.3, 0.4) is 0 Å². The van der Waals surface area contributed by atoms with E-state index in [1.807, 2.05) is 23.9 Å². The van der Waals surface area contributed by atoms with Crippen molar-refractivity contribution in [2.24, 2.45) is 0 Å². The number of halogens is 1. The van der Waals surface area contributed by atoms with Crippen LogP contribution in [0.5, 0.6) is 0 Å². The van der Waals surface area contributed by atoms with Crippen LogP contribution >= 0.6 is 27.7 Å². The molecule has 0 radical (unpaired) electrons. The number of benzene rings is 1. The average Bonchev–Trinajstić information content (AvgIpc) is 2.86. The highest BCUT2D eigenvalue weighted by Gasteiger charge is 2.17. The smallest absolute Gasteiger partial charge is 0.135 e. The van der Waals surface area contributed by atoms with Gasteiger partial charge in [-0.15, -0.1) is 11.8 Å². The van der Waals surface area contributed by atoms with Gasteiger partial charge in [0.15, 0.2) is 0 Å². The van der Waals surface area contributed by atoms with Crippen LogP contribution in [0.15, 0.2) is 56.4 Å². The first-order chi connectivity index (χ1) is 9.31. The minimum atomic E-state index is 0.231. The lowest BCUT2D eigenvalue weighted by molar-refractivity contribution is 0.433. The molecule has 1 aromatic heterocycles. The van der Waals surface area contributed by atoms with Gasteiger partial charge in [-0.2, -0.15) is 0 Å². The zero-order valence-corrected chi connectivity index (χ0v) is 13.3. The SMILES string of the molecule is CCCNC(CSc1ccccc1)c1occc1Br. The van der Waals surface area contributed by atoms with E-state index in [1.165, 1.54) is 4.90 Å². The van der Waals surface area contributed by atoms with Gasteiger partial charge < -0.3 is 9.73 Å². The van der Waals surface area contributed by atoms with E-state index in [2.05, 4.69) is 52.4 Å². The van der Waals surface area contributed by atoms with E-state index in [-0.39, 0.29) is 6.04 Å². The largest absolute Gasteiger partial charge is 0.466 e. The van der Waals surface area contributed by atoms with Crippen molar-refractivity contribution in [3.05, 3.63) is 52.9 Å². The molecule has 2 rings (SSSR count). The third-order valence-corrected chi connectivity index (χ3v) is 4.52. The van der Waals surface area contributed by atoms with E-state index in [0.29, 0.717) is 0 Å². The summed E-state index contributed by atoms with van der Waals surface area (Å²) < 4.78 is 6.63. The van der Waals surface area contributed by atoms with Gasteiger partial charge >= 0.3 is 0 Å². The molecule has 0 saturated carbocycles. The highest BCUT2D eigenvalue weighted by atomic mass is 79.9. The molecule has 0 aliphatic heterocycles. The molecule has 0 saturated heterocycles. The Kier molecular flexibility index (Phi) is 6.01. The minimum absolute atomic E-state index is 0.231. The van der Waals surface area contributed by atoms with E-state index in [4.69, 9.17) is 4.42 Å². The van der Waals surface area contributed by atoms with Crippen molar-refractivity contribution in [3.8, 4) is 0 Å². The second-order valence-electron chi connectivity index (χ2n) is 4.26. The molecule has 2 aromatic rings. The van der Waals surface area contributed by atoms with Gasteiger partial charge in [0.25, 0.3) is 0 Å². The van der Waals surface area contributed by atoms with Crippen molar-refractivity contribution in [2.75, 3.05) is 12.3 Å². The standard InChI is InChI=1S/C15H18BrNOS/c1-2-9-17-14(15-13(16)8-10-18-15)11-19-12-6-4-3-5-7-12/h3-8,10,14,17H,2,9,11H2,1H3. The molecule has 0 aliphatic carbocycles. The van der Waals surface area contributed by atoms with Gasteiger partial charge in [-0.05, 0) is 47.1 Å². The number of hydrogen-bond donors (Lipinski definition) is 1. The molecule has 1 unspecified atom stereocenters. The molecule has 0 spiro atoms. The molecule has 0 bridgehead atoms. The van der Waals surface area contributed by atoms with Crippen molar-refractivity contribution in [1.29, 1.82) is 0 Å². The summed E-state index contributed by atoms with van der Waals surface area (Å²) in [5.41, 5.74) is 0. The molecule has 19 heavy (non-hydrogen) atoms. The van der Waals surface area contributed by atoms with Crippen LogP contribution in [0.1, 0.15) is 25.1 Å². The van der Waals surface area contributed by atoms with E-state index >= 15 is 0 Å². The second kappa shape index (κ2) is 7.78. The fraction of sp³-hybridized carbons (Fsp3) is 0.333. The molecule has 1 atom stereocenters. The Morgan fingerprint density at radius 1 is 1.26 bits per heavy atom. The Labute approximate surface area is 127 Å². The van der Waals surface area contributed by atoms with Crippen LogP contribution in [0.2, 0.25) is 0 Å². The molecule has 4 heteroatoms. The van der Waals surface area contributed by atoms with Crippen LogP contribution in [0.4, 0.5) is 0 Å². The van der Waals surface area contributed by atoms with Gasteiger partial charge in [-0.25, -0.2) is 0 Å². The molecular weight excluding hydrogens is 322 g/mol. The summed E-state index contributed by atoms with van der Waals surface area (Å²) in [5.74, 6) is 1.94. The van der Waals surface area contributed by atoms with Gasteiger partial charge in [-0.1, -0.05) is 25.1 Å². The van der Waals surface area contributed by atoms with Crippen molar-refractivity contribution >= 4 is 27.7 Å². The van der Waals surface area contributed by atoms with Crippen LogP contribution in [0, 0.1) is 0 Å². The predicted molar refractivity (Wildman–Crippen MR) is 84.6 cm³/mol. The Bertz CT molecular complexity index is 486. The summed E-state index contributed by atoms with van der Waals surface area (Å²) >= 11 is 5.38. The number of hydrogen-bond acceptors (Lipinski definition) is 3. The predicted octanol–water partition coefficient (Wildman–Crippen LogP) is 4.88. The Hall–Kier alpha value is -0.710. The zero-order chi connectivity index (χ0) is 13.5. The summed E-state index contributed by atoms with van der Waals surface area (Å²) in [6.07, 6.45) is 2.85. The Morgan fingerprint density at radius 2 is 2.05 bits per heavy atom. The summed E-state index contributed by atoms with van der Waals surface area (Å²) in [7, 11) is 0. The number of furan rings is 1. The third kappa shape index (κ3) is 4.41. The van der Waals surface area contributed by atoms with Crippen LogP contribution in [0.25, 0.3) is 0 Å². The van der Waals surface area contributed by atoms with Crippen LogP contribution in [-0.2, 0) is 0 Å². The number of rotatable bonds is 7. The van der Waals surface area contributed by atoms with E-state index in [0.717, 1.165) is 29.0 Å². The summed E-state index contributed by atoms with van der Waals surface area (Å²) in [6, 6.07) is 12.6. The molecule has 0 amide bonds. The minimum Gasteiger partial charge on any atom is -0.466 e. The highest BCUT2D eigenvalue weighted by Crippen LogP contribution is 2.29. The normalized spacial score (nSPS) is 12.5. The summed E-state index contributed by atoms with van der Waals surface area (Å²) in [4.78, 5) is 1.29. The fourth-order valence-corrected chi connectivity index (χ4v) is 3.25. The van der Waals surface area contributed by atoms with Crippen molar-refractivity contribution in [2.45, 2.75) is 24.3 Å². The molecule has 1 N–H and O–H groups in total. The van der Waals surface area contributed by atoms with Gasteiger partial charge in [0.2, 0.25) is 0 Å². The van der Waals surface area contributed by atoms with Gasteiger partial charge in [-0.3, -0.25) is 0 Å². The number of thioether (sulfide) groups is 1. The maximum atomic E-state index is 5.59. The topological polar surface area (TPSA) is 25.2 Å². The summed E-state index contributed by atoms with van der Waals surface area (Å²) in [6.45, 7) is 3.17. The van der Waals surface area contributed by atoms with Gasteiger partial charge in [0, 0.05) is 10.6 Å². The highest BCUT2D eigenvalue weighted by molar-refractivity contribution is 9.10. The molecule has 1 heterocycles. The summed E-state index contributed by atoms with van der Waals surface area (Å²) in [5, 5.41) is 3.54. The monoisotopic (exact) mass is 339 g/mol. The maximum Gasteiger partial charge on any atom is 0.135 e. The van der Waals surface area contributed by atoms with E-state index in [9.17, 15) is 0 Å². The third-order valence-electron chi connectivity index (χ3n) is 2.76. The first-order valence-electron chi connectivity index (χ1n) is 6.45. The zero-order valence-electron chi connectivity index (χ0n) is 10.9. The Morgan fingerprint density at radius 3 is 2.68 bits per heavy atom. The molecule has 0 fully saturated rings. The lowest BCUT2D eigenvalue weighted by atomic mass is 10.2. The van der Waals surface area contributed by atoms with E-state index < -0.39 is 0 Å². The Balaban J connectivity index is 2.00. The molecule has 0 aliphatic rings. The van der Waals surface area contributed by atoms with Crippen LogP contribution < -0.4 is 5.32 Å². The van der Waals surface area contributed by atoms with Crippen molar-refractivity contribution in [3.63, 3.8) is 0 Å². The lowest BCUT2D eigenvalue weighted by Gasteiger charge is -2.16. The number of nitrogens with one attached hydrogen (secondary N) is 1. The average molecular weight is 340 g/mol. The molecule has 2 nitrogen and oxygen atoms in total. The van der Waals surface area contributed by atoms with Gasteiger partial charge in [0.1, 0.15) is 5.76 Å². The lowest BCUT2D eigenvalue weighted by Crippen LogP contribution is -2.24. The van der Waals surface area contributed by atoms with Crippen LogP contribution in [-0.4, -0.2) is 12.3 Å². The van der Waals surface area contributed by atoms with E-state index in [1.54, 1.807) is 6.26 Å². The first kappa shape index (κ1) is 14.7. The van der Waals surface area contributed by atoms with Crippen molar-refractivity contribution in [1.82, 2.24) is 5.32 Å². The maximum absolute atomic E-state index is 5.59. The van der Waals surface area contributed by atoms with Crippen molar-refractivity contribution < 1.29 is 4.42 Å². The fourth-order valence-electron chi connectivity index (χ4n) is 1.80. The van der Waals surface area contributed by atoms with Gasteiger partial charge in [0.05, 0.1) is 16.8 Å². The quantitative estimate of drug-likeness (QED) is 0.728. The first-order valence-corrected chi connectivity index (χ1v) is 8.23.